The number of nitrogens with two attached hydrogens (primary N) is 1. The first-order valence-corrected chi connectivity index (χ1v) is 25.5. The maximum Gasteiger partial charge on any atom is 0.481 e. The number of ether oxygens (including phenoxy) is 1. The summed E-state index contributed by atoms with van der Waals surface area (Å²) in [7, 11) is -16.4. The largest absolute Gasteiger partial charge is 0.481 e. The van der Waals surface area contributed by atoms with Crippen LogP contribution in [0.3, 0.4) is 0 Å². The van der Waals surface area contributed by atoms with Gasteiger partial charge in [0.2, 0.25) is 11.8 Å². The molecule has 2 unspecified atom stereocenters. The van der Waals surface area contributed by atoms with E-state index in [-0.39, 0.29) is 53.8 Å². The first-order valence-electron chi connectivity index (χ1n) is 20.0. The van der Waals surface area contributed by atoms with Gasteiger partial charge in [-0.1, -0.05) is 69.7 Å². The number of aliphatic hydroxyl groups is 3. The second-order valence-corrected chi connectivity index (χ2v) is 20.4. The highest BCUT2D eigenvalue weighted by Gasteiger charge is 2.50. The number of phosphoric ester groups is 3. The second kappa shape index (κ2) is 25.8. The zero-order valence-electron chi connectivity index (χ0n) is 35.4. The van der Waals surface area contributed by atoms with Crippen molar-refractivity contribution in [3.8, 4) is 0 Å². The highest BCUT2D eigenvalue weighted by molar-refractivity contribution is 8.13. The number of fused-ring (bicyclic) bond motifs is 1. The molecule has 1 fully saturated rings. The molecular formula is C35H58N7O18P3S. The number of amides is 2. The van der Waals surface area contributed by atoms with Crippen LogP contribution < -0.4 is 16.4 Å². The molecule has 0 spiro atoms. The van der Waals surface area contributed by atoms with Crippen LogP contribution in [0.4, 0.5) is 5.82 Å². The molecule has 3 heterocycles. The molecule has 29 heteroatoms. The predicted molar refractivity (Wildman–Crippen MR) is 229 cm³/mol. The van der Waals surface area contributed by atoms with Crippen LogP contribution in [0.2, 0.25) is 0 Å². The minimum atomic E-state index is -5.59. The molecule has 2 amide bonds. The summed E-state index contributed by atoms with van der Waals surface area (Å²) in [4.78, 5) is 88.1. The average molecular weight is 990 g/mol. The molecule has 0 saturated carbocycles. The Labute approximate surface area is 373 Å². The number of phosphoric acid groups is 3. The lowest BCUT2D eigenvalue weighted by Gasteiger charge is -2.30. The SMILES string of the molecule is CCCCC/C=C\C/C=C\C[C@H](O)CC(=O)SCCNC(=O)CCNC(=O)[C@H](O)C(C)(C)COP(=O)(O)OP(=O)(O)OC[C@H]1O[C@@H](n2cnc3c(N)ncnc32)[C@H](O)[C@@H]1OP(=O)(O)O. The molecule has 2 aromatic heterocycles. The summed E-state index contributed by atoms with van der Waals surface area (Å²) in [6.45, 7) is 2.50. The number of hydrogen-bond acceptors (Lipinski definition) is 19. The van der Waals surface area contributed by atoms with Crippen LogP contribution in [0.5, 0.6) is 0 Å². The zero-order chi connectivity index (χ0) is 47.7. The quantitative estimate of drug-likeness (QED) is 0.0316. The fourth-order valence-corrected chi connectivity index (χ4v) is 9.36. The first-order chi connectivity index (χ1) is 29.9. The van der Waals surface area contributed by atoms with Gasteiger partial charge in [0.1, 0.15) is 36.3 Å². The minimum Gasteiger partial charge on any atom is -0.392 e. The third-order valence-electron chi connectivity index (χ3n) is 9.16. The molecule has 64 heavy (non-hydrogen) atoms. The van der Waals surface area contributed by atoms with Crippen LogP contribution in [0.25, 0.3) is 11.2 Å². The van der Waals surface area contributed by atoms with Gasteiger partial charge < -0.3 is 56.0 Å². The van der Waals surface area contributed by atoms with E-state index < -0.39 is 90.7 Å². The monoisotopic (exact) mass is 989 g/mol. The number of rotatable bonds is 29. The van der Waals surface area contributed by atoms with Crippen LogP contribution in [0, 0.1) is 5.41 Å². The third kappa shape index (κ3) is 19.1. The van der Waals surface area contributed by atoms with Gasteiger partial charge in [0, 0.05) is 37.1 Å². The number of nitrogen functional groups attached to an aromatic ring is 1. The fraction of sp³-hybridized carbons (Fsp3) is 0.657. The summed E-state index contributed by atoms with van der Waals surface area (Å²) < 4.78 is 62.3. The van der Waals surface area contributed by atoms with Crippen molar-refractivity contribution in [2.75, 3.05) is 37.8 Å². The van der Waals surface area contributed by atoms with Gasteiger partial charge in [0.15, 0.2) is 22.8 Å². The second-order valence-electron chi connectivity index (χ2n) is 15.1. The lowest BCUT2D eigenvalue weighted by molar-refractivity contribution is -0.137. The summed E-state index contributed by atoms with van der Waals surface area (Å²) in [5, 5.41) is 36.3. The topological polar surface area (TPSA) is 384 Å². The normalized spacial score (nSPS) is 21.2. The number of unbranched alkanes of at least 4 members (excludes halogenated alkanes) is 3. The average Bonchev–Trinajstić information content (AvgIpc) is 3.76. The maximum absolute atomic E-state index is 12.7. The lowest BCUT2D eigenvalue weighted by atomic mass is 9.87. The molecule has 25 nitrogen and oxygen atoms in total. The molecule has 0 aliphatic carbocycles. The molecule has 2 aromatic rings. The van der Waals surface area contributed by atoms with Crippen LogP contribution in [-0.2, 0) is 50.7 Å². The molecule has 1 aliphatic heterocycles. The van der Waals surface area contributed by atoms with Crippen molar-refractivity contribution in [3.05, 3.63) is 37.0 Å². The maximum atomic E-state index is 12.7. The van der Waals surface area contributed by atoms with Gasteiger partial charge >= 0.3 is 23.5 Å². The zero-order valence-corrected chi connectivity index (χ0v) is 38.9. The standard InChI is InChI=1S/C35H58N7O18P3S/c1-4-5-6-7-8-9-10-11-12-13-23(43)18-26(45)64-17-16-37-25(44)14-15-38-33(48)30(47)35(2,3)20-57-63(54,55)60-62(52,53)56-19-24-29(59-61(49,50)51)28(46)34(58-24)42-22-41-27-31(36)39-21-40-32(27)42/h8-9,11-12,21-24,28-30,34,43,46-47H,4-7,10,13-20H2,1-3H3,(H,37,44)(H,38,48)(H,52,53)(H,54,55)(H2,36,39,40)(H2,49,50,51)/b9-8-,12-11-/t23-,24+,28+,29+,30-,34+/m0/s1. The Morgan fingerprint density at radius 2 is 1.70 bits per heavy atom. The number of anilines is 1. The van der Waals surface area contributed by atoms with Crippen molar-refractivity contribution < 1.29 is 85.6 Å². The van der Waals surface area contributed by atoms with Crippen LogP contribution in [0.1, 0.15) is 78.4 Å². The van der Waals surface area contributed by atoms with Crippen molar-refractivity contribution in [1.82, 2.24) is 30.2 Å². The number of allylic oxidation sites excluding steroid dienone is 3. The summed E-state index contributed by atoms with van der Waals surface area (Å²) in [5.74, 6) is -1.27. The lowest BCUT2D eigenvalue weighted by Crippen LogP contribution is -2.46. The van der Waals surface area contributed by atoms with Crippen molar-refractivity contribution in [2.24, 2.45) is 5.41 Å². The molecule has 1 aliphatic rings. The third-order valence-corrected chi connectivity index (χ3v) is 13.2. The molecule has 0 bridgehead atoms. The van der Waals surface area contributed by atoms with Gasteiger partial charge in [-0.3, -0.25) is 32.5 Å². The molecule has 0 radical (unpaired) electrons. The van der Waals surface area contributed by atoms with Gasteiger partial charge in [-0.25, -0.2) is 28.6 Å². The van der Waals surface area contributed by atoms with Crippen LogP contribution >= 0.6 is 35.2 Å². The number of carbonyl (C=O) groups is 3. The van der Waals surface area contributed by atoms with Gasteiger partial charge in [-0.05, 0) is 25.7 Å². The number of aliphatic hydroxyl groups excluding tert-OH is 3. The van der Waals surface area contributed by atoms with E-state index in [9.17, 15) is 63.0 Å². The predicted octanol–water partition coefficient (Wildman–Crippen LogP) is 1.89. The Morgan fingerprint density at radius 1 is 1.00 bits per heavy atom. The number of aromatic nitrogens is 4. The smallest absolute Gasteiger partial charge is 0.392 e. The number of imidazole rings is 1. The van der Waals surface area contributed by atoms with E-state index in [4.69, 9.17) is 19.5 Å². The molecular weight excluding hydrogens is 931 g/mol. The molecule has 3 rings (SSSR count). The van der Waals surface area contributed by atoms with Gasteiger partial charge in [0.25, 0.3) is 0 Å². The molecule has 0 aromatic carbocycles. The number of nitrogens with one attached hydrogen (secondary N) is 2. The van der Waals surface area contributed by atoms with E-state index in [1.54, 1.807) is 0 Å². The Morgan fingerprint density at radius 3 is 2.41 bits per heavy atom. The van der Waals surface area contributed by atoms with Crippen molar-refractivity contribution in [3.63, 3.8) is 0 Å². The number of thioether (sulfide) groups is 1. The van der Waals surface area contributed by atoms with Crippen molar-refractivity contribution in [1.29, 1.82) is 0 Å². The van der Waals surface area contributed by atoms with Crippen LogP contribution in [0.15, 0.2) is 37.0 Å². The van der Waals surface area contributed by atoms with E-state index in [1.165, 1.54) is 26.7 Å². The van der Waals surface area contributed by atoms with Crippen molar-refractivity contribution in [2.45, 2.75) is 109 Å². The molecule has 362 valence electrons. The number of carbonyl (C=O) groups excluding carboxylic acids is 3. The first kappa shape index (κ1) is 55.3. The van der Waals surface area contributed by atoms with Gasteiger partial charge in [0.05, 0.1) is 25.6 Å². The van der Waals surface area contributed by atoms with E-state index in [0.29, 0.717) is 6.42 Å². The summed E-state index contributed by atoms with van der Waals surface area (Å²) >= 11 is 0.960. The van der Waals surface area contributed by atoms with Gasteiger partial charge in [-0.2, -0.15) is 4.31 Å². The summed E-state index contributed by atoms with van der Waals surface area (Å²) in [6.07, 6.45) is 5.77. The van der Waals surface area contributed by atoms with E-state index in [0.717, 1.165) is 48.2 Å². The van der Waals surface area contributed by atoms with E-state index in [2.05, 4.69) is 53.5 Å². The Kier molecular flexibility index (Phi) is 22.3. The summed E-state index contributed by atoms with van der Waals surface area (Å²) in [5.41, 5.74) is 4.24. The summed E-state index contributed by atoms with van der Waals surface area (Å²) in [6, 6.07) is 0. The number of hydrogen-bond donors (Lipinski definition) is 10. The van der Waals surface area contributed by atoms with E-state index in [1.807, 2.05) is 12.2 Å². The molecule has 11 N–H and O–H groups in total. The Bertz CT molecular complexity index is 2060. The Balaban J connectivity index is 1.38. The van der Waals surface area contributed by atoms with Gasteiger partial charge in [-0.15, -0.1) is 0 Å². The van der Waals surface area contributed by atoms with Crippen molar-refractivity contribution >= 4 is 69.1 Å². The Hall–Kier alpha value is -3.00. The fourth-order valence-electron chi connectivity index (χ4n) is 5.78. The van der Waals surface area contributed by atoms with Crippen LogP contribution in [-0.4, -0.2) is 134 Å². The molecule has 8 atom stereocenters. The number of nitrogens with zero attached hydrogens (tertiary/aromatic N) is 4. The molecule has 1 saturated heterocycles. The highest BCUT2D eigenvalue weighted by Crippen LogP contribution is 2.61. The van der Waals surface area contributed by atoms with E-state index >= 15 is 0 Å². The highest BCUT2D eigenvalue weighted by atomic mass is 32.2. The minimum absolute atomic E-state index is 0.0256.